The largest absolute Gasteiger partial charge is 0.386 e. The third-order valence-electron chi connectivity index (χ3n) is 4.12. The second-order valence-electron chi connectivity index (χ2n) is 5.97. The van der Waals surface area contributed by atoms with Gasteiger partial charge in [0.15, 0.2) is 5.69 Å². The van der Waals surface area contributed by atoms with Gasteiger partial charge in [0.05, 0.1) is 12.7 Å². The highest BCUT2D eigenvalue weighted by Crippen LogP contribution is 2.20. The molecule has 1 amide bonds. The second kappa shape index (κ2) is 8.21. The molecule has 2 N–H and O–H groups in total. The third-order valence-corrected chi connectivity index (χ3v) is 5.09. The molecule has 1 aliphatic carbocycles. The summed E-state index contributed by atoms with van der Waals surface area (Å²) in [5, 5.41) is 22.7. The highest BCUT2D eigenvalue weighted by Gasteiger charge is 2.14. The van der Waals surface area contributed by atoms with Crippen LogP contribution >= 0.6 is 11.3 Å². The molecular formula is C17H22N4O2S. The van der Waals surface area contributed by atoms with Crippen LogP contribution in [0, 0.1) is 0 Å². The normalized spacial score (nSPS) is 15.8. The van der Waals surface area contributed by atoms with Gasteiger partial charge in [-0.3, -0.25) is 4.79 Å². The van der Waals surface area contributed by atoms with Crippen molar-refractivity contribution < 1.29 is 9.90 Å². The summed E-state index contributed by atoms with van der Waals surface area (Å²) >= 11 is 1.49. The molecule has 0 radical (unpaired) electrons. The molecule has 24 heavy (non-hydrogen) atoms. The van der Waals surface area contributed by atoms with Crippen LogP contribution in [0.3, 0.4) is 0 Å². The van der Waals surface area contributed by atoms with E-state index < -0.39 is 6.10 Å². The number of allylic oxidation sites excluding steroid dienone is 1. The number of amides is 1. The summed E-state index contributed by atoms with van der Waals surface area (Å²) in [5.74, 6) is -0.219. The molecule has 0 bridgehead atoms. The lowest BCUT2D eigenvalue weighted by atomic mass is 9.97. The number of aliphatic hydroxyl groups excluding tert-OH is 1. The number of hydrogen-bond acceptors (Lipinski definition) is 5. The first-order chi connectivity index (χ1) is 11.7. The average Bonchev–Trinajstić information content (AvgIpc) is 3.27. The first-order valence-corrected chi connectivity index (χ1v) is 9.18. The molecule has 2 aromatic rings. The standard InChI is InChI=1S/C17H22N4O2S/c22-15(16-7-4-10-24-16)12-21-11-14(19-20-21)17(23)18-9-8-13-5-2-1-3-6-13/h4-5,7,10-11,15,22H,1-3,6,8-9,12H2,(H,18,23). The highest BCUT2D eigenvalue weighted by atomic mass is 32.1. The van der Waals surface area contributed by atoms with Crippen LogP contribution in [-0.4, -0.2) is 32.6 Å². The van der Waals surface area contributed by atoms with E-state index in [2.05, 4.69) is 21.7 Å². The van der Waals surface area contributed by atoms with E-state index in [0.717, 1.165) is 24.1 Å². The van der Waals surface area contributed by atoms with E-state index >= 15 is 0 Å². The van der Waals surface area contributed by atoms with Gasteiger partial charge in [-0.2, -0.15) is 0 Å². The molecule has 0 fully saturated rings. The summed E-state index contributed by atoms with van der Waals surface area (Å²) in [6.45, 7) is 0.906. The zero-order valence-corrected chi connectivity index (χ0v) is 14.3. The van der Waals surface area contributed by atoms with Crippen molar-refractivity contribution in [1.29, 1.82) is 0 Å². The molecule has 0 spiro atoms. The maximum Gasteiger partial charge on any atom is 0.273 e. The van der Waals surface area contributed by atoms with Gasteiger partial charge in [-0.25, -0.2) is 4.68 Å². The van der Waals surface area contributed by atoms with E-state index in [1.807, 2.05) is 17.5 Å². The minimum atomic E-state index is -0.638. The van der Waals surface area contributed by atoms with Crippen LogP contribution < -0.4 is 5.32 Å². The number of aliphatic hydroxyl groups is 1. The van der Waals surface area contributed by atoms with Crippen molar-refractivity contribution in [2.45, 2.75) is 44.8 Å². The van der Waals surface area contributed by atoms with Gasteiger partial charge in [0.1, 0.15) is 6.10 Å². The van der Waals surface area contributed by atoms with Crippen molar-refractivity contribution in [2.75, 3.05) is 6.54 Å². The smallest absolute Gasteiger partial charge is 0.273 e. The molecule has 1 unspecified atom stereocenters. The Hall–Kier alpha value is -1.99. The van der Waals surface area contributed by atoms with Gasteiger partial charge in [-0.1, -0.05) is 22.9 Å². The molecule has 2 heterocycles. The summed E-state index contributed by atoms with van der Waals surface area (Å²) in [5.41, 5.74) is 1.72. The number of rotatable bonds is 7. The molecule has 0 aliphatic heterocycles. The number of nitrogens with one attached hydrogen (secondary N) is 1. The quantitative estimate of drug-likeness (QED) is 0.756. The molecule has 128 valence electrons. The van der Waals surface area contributed by atoms with Gasteiger partial charge in [-0.15, -0.1) is 16.4 Å². The maximum atomic E-state index is 12.1. The molecule has 1 atom stereocenters. The molecular weight excluding hydrogens is 324 g/mol. The van der Waals surface area contributed by atoms with Crippen LogP contribution in [0.4, 0.5) is 0 Å². The maximum absolute atomic E-state index is 12.1. The van der Waals surface area contributed by atoms with E-state index in [4.69, 9.17) is 0 Å². The predicted octanol–water partition coefficient (Wildman–Crippen LogP) is 2.69. The third kappa shape index (κ3) is 4.52. The molecule has 0 aromatic carbocycles. The van der Waals surface area contributed by atoms with Crippen LogP contribution in [0.25, 0.3) is 0 Å². The topological polar surface area (TPSA) is 80.0 Å². The minimum absolute atomic E-state index is 0.219. The van der Waals surface area contributed by atoms with E-state index in [0.29, 0.717) is 6.54 Å². The summed E-state index contributed by atoms with van der Waals surface area (Å²) in [6, 6.07) is 3.77. The van der Waals surface area contributed by atoms with Gasteiger partial charge in [0, 0.05) is 11.4 Å². The van der Waals surface area contributed by atoms with Crippen molar-refractivity contribution in [2.24, 2.45) is 0 Å². The Bertz CT molecular complexity index is 693. The first-order valence-electron chi connectivity index (χ1n) is 8.30. The number of thiophene rings is 1. The highest BCUT2D eigenvalue weighted by molar-refractivity contribution is 7.10. The predicted molar refractivity (Wildman–Crippen MR) is 92.8 cm³/mol. The molecule has 3 rings (SSSR count). The van der Waals surface area contributed by atoms with Crippen molar-refractivity contribution in [3.63, 3.8) is 0 Å². The summed E-state index contributed by atoms with van der Waals surface area (Å²) in [4.78, 5) is 13.0. The van der Waals surface area contributed by atoms with Crippen molar-refractivity contribution >= 4 is 17.2 Å². The van der Waals surface area contributed by atoms with Crippen LogP contribution in [0.1, 0.15) is 53.6 Å². The Labute approximate surface area is 145 Å². The van der Waals surface area contributed by atoms with Gasteiger partial charge in [0.25, 0.3) is 5.91 Å². The van der Waals surface area contributed by atoms with Gasteiger partial charge < -0.3 is 10.4 Å². The van der Waals surface area contributed by atoms with E-state index in [1.54, 1.807) is 6.20 Å². The van der Waals surface area contributed by atoms with E-state index in [-0.39, 0.29) is 18.1 Å². The first kappa shape index (κ1) is 16.9. The summed E-state index contributed by atoms with van der Waals surface area (Å²) < 4.78 is 1.50. The van der Waals surface area contributed by atoms with Crippen molar-refractivity contribution in [1.82, 2.24) is 20.3 Å². The van der Waals surface area contributed by atoms with Gasteiger partial charge in [0.2, 0.25) is 0 Å². The molecule has 6 nitrogen and oxygen atoms in total. The van der Waals surface area contributed by atoms with Crippen LogP contribution in [0.15, 0.2) is 35.4 Å². The second-order valence-corrected chi connectivity index (χ2v) is 6.95. The summed E-state index contributed by atoms with van der Waals surface area (Å²) in [6.07, 6.45) is 8.95. The lowest BCUT2D eigenvalue weighted by Gasteiger charge is -2.12. The minimum Gasteiger partial charge on any atom is -0.386 e. The fraction of sp³-hybridized carbons (Fsp3) is 0.471. The fourth-order valence-corrected chi connectivity index (χ4v) is 3.50. The number of aromatic nitrogens is 3. The number of carbonyl (C=O) groups is 1. The molecule has 0 saturated carbocycles. The summed E-state index contributed by atoms with van der Waals surface area (Å²) in [7, 11) is 0. The lowest BCUT2D eigenvalue weighted by molar-refractivity contribution is 0.0948. The van der Waals surface area contributed by atoms with Crippen LogP contribution in [0.2, 0.25) is 0 Å². The average molecular weight is 346 g/mol. The Morgan fingerprint density at radius 2 is 2.38 bits per heavy atom. The molecule has 1 aliphatic rings. The Kier molecular flexibility index (Phi) is 5.77. The zero-order valence-electron chi connectivity index (χ0n) is 13.5. The SMILES string of the molecule is O=C(NCCC1=CCCCC1)c1cn(CC(O)c2cccs2)nn1. The number of hydrogen-bond donors (Lipinski definition) is 2. The van der Waals surface area contributed by atoms with E-state index in [1.165, 1.54) is 34.4 Å². The van der Waals surface area contributed by atoms with Crippen molar-refractivity contribution in [3.05, 3.63) is 45.9 Å². The van der Waals surface area contributed by atoms with Crippen LogP contribution in [0.5, 0.6) is 0 Å². The van der Waals surface area contributed by atoms with Crippen molar-refractivity contribution in [3.8, 4) is 0 Å². The number of carbonyl (C=O) groups excluding carboxylic acids is 1. The van der Waals surface area contributed by atoms with E-state index in [9.17, 15) is 9.90 Å². The Balaban J connectivity index is 1.47. The van der Waals surface area contributed by atoms with Gasteiger partial charge in [-0.05, 0) is 43.6 Å². The van der Waals surface area contributed by atoms with Crippen LogP contribution in [-0.2, 0) is 6.54 Å². The number of nitrogens with zero attached hydrogens (tertiary/aromatic N) is 3. The Morgan fingerprint density at radius 3 is 3.12 bits per heavy atom. The lowest BCUT2D eigenvalue weighted by Crippen LogP contribution is -2.25. The molecule has 0 saturated heterocycles. The Morgan fingerprint density at radius 1 is 1.46 bits per heavy atom. The fourth-order valence-electron chi connectivity index (χ4n) is 2.80. The molecule has 7 heteroatoms. The monoisotopic (exact) mass is 346 g/mol. The molecule has 2 aromatic heterocycles. The zero-order chi connectivity index (χ0) is 16.8. The van der Waals surface area contributed by atoms with Gasteiger partial charge >= 0.3 is 0 Å².